The highest BCUT2D eigenvalue weighted by molar-refractivity contribution is 5.96. The first-order valence-electron chi connectivity index (χ1n) is 10.5. The van der Waals surface area contributed by atoms with Crippen molar-refractivity contribution >= 4 is 5.91 Å². The number of allylic oxidation sites excluding steroid dienone is 3. The molecule has 0 spiro atoms. The molecular weight excluding hydrogens is 348 g/mol. The summed E-state index contributed by atoms with van der Waals surface area (Å²) in [7, 11) is 0. The first-order chi connectivity index (χ1) is 13.5. The summed E-state index contributed by atoms with van der Waals surface area (Å²) < 4.78 is 5.91. The number of likely N-dealkylation sites (tertiary alicyclic amines) is 1. The Labute approximate surface area is 170 Å². The van der Waals surface area contributed by atoms with E-state index in [1.54, 1.807) is 0 Å². The zero-order valence-electron chi connectivity index (χ0n) is 18.0. The molecule has 0 saturated carbocycles. The lowest BCUT2D eigenvalue weighted by Crippen LogP contribution is -2.40. The number of carbonyl (C=O) groups excluding carboxylic acids is 1. The largest absolute Gasteiger partial charge is 0.489 e. The SMILES string of the molecule is CCN1CCCC1CNC(=O)c1ccccc1OCC=C(C)CCC=C(C)C. The monoisotopic (exact) mass is 384 g/mol. The summed E-state index contributed by atoms with van der Waals surface area (Å²) in [5.74, 6) is 0.593. The van der Waals surface area contributed by atoms with Crippen LogP contribution in [0.25, 0.3) is 0 Å². The number of para-hydroxylation sites is 1. The van der Waals surface area contributed by atoms with Gasteiger partial charge in [-0.1, -0.05) is 36.3 Å². The fraction of sp³-hybridized carbons (Fsp3) is 0.542. The fourth-order valence-corrected chi connectivity index (χ4v) is 3.59. The number of carbonyl (C=O) groups is 1. The predicted octanol–water partition coefficient (Wildman–Crippen LogP) is 4.97. The van der Waals surface area contributed by atoms with Crippen molar-refractivity contribution in [1.82, 2.24) is 10.2 Å². The van der Waals surface area contributed by atoms with Gasteiger partial charge in [0, 0.05) is 12.6 Å². The second kappa shape index (κ2) is 11.7. The molecule has 1 aliphatic rings. The van der Waals surface area contributed by atoms with E-state index in [2.05, 4.69) is 50.1 Å². The van der Waals surface area contributed by atoms with Crippen LogP contribution in [0.4, 0.5) is 0 Å². The summed E-state index contributed by atoms with van der Waals surface area (Å²) in [6, 6.07) is 7.95. The lowest BCUT2D eigenvalue weighted by atomic mass is 10.1. The van der Waals surface area contributed by atoms with Crippen molar-refractivity contribution in [3.8, 4) is 5.75 Å². The van der Waals surface area contributed by atoms with E-state index >= 15 is 0 Å². The standard InChI is InChI=1S/C24H36N2O2/c1-5-26-16-9-12-21(26)18-25-24(27)22-13-6-7-14-23(22)28-17-15-20(4)11-8-10-19(2)3/h6-7,10,13-15,21H,5,8-9,11-12,16-18H2,1-4H3,(H,25,27). The zero-order valence-corrected chi connectivity index (χ0v) is 18.0. The molecular formula is C24H36N2O2. The maximum Gasteiger partial charge on any atom is 0.255 e. The summed E-state index contributed by atoms with van der Waals surface area (Å²) in [6.45, 7) is 11.9. The summed E-state index contributed by atoms with van der Waals surface area (Å²) >= 11 is 0. The third kappa shape index (κ3) is 7.16. The topological polar surface area (TPSA) is 41.6 Å². The van der Waals surface area contributed by atoms with Gasteiger partial charge in [-0.05, 0) is 77.8 Å². The van der Waals surface area contributed by atoms with E-state index in [0.717, 1.165) is 32.4 Å². The van der Waals surface area contributed by atoms with Crippen molar-refractivity contribution in [3.63, 3.8) is 0 Å². The van der Waals surface area contributed by atoms with Gasteiger partial charge in [-0.2, -0.15) is 0 Å². The third-order valence-corrected chi connectivity index (χ3v) is 5.30. The Morgan fingerprint density at radius 2 is 2.04 bits per heavy atom. The molecule has 4 nitrogen and oxygen atoms in total. The molecule has 1 saturated heterocycles. The summed E-state index contributed by atoms with van der Waals surface area (Å²) in [5, 5.41) is 3.10. The number of nitrogens with one attached hydrogen (secondary N) is 1. The van der Waals surface area contributed by atoms with Crippen LogP contribution in [0.1, 0.15) is 63.7 Å². The highest BCUT2D eigenvalue weighted by Crippen LogP contribution is 2.19. The fourth-order valence-electron chi connectivity index (χ4n) is 3.59. The van der Waals surface area contributed by atoms with Crippen LogP contribution >= 0.6 is 0 Å². The highest BCUT2D eigenvalue weighted by Gasteiger charge is 2.23. The molecule has 1 aromatic carbocycles. The first-order valence-corrected chi connectivity index (χ1v) is 10.5. The van der Waals surface area contributed by atoms with E-state index in [1.807, 2.05) is 24.3 Å². The Hall–Kier alpha value is -2.07. The van der Waals surface area contributed by atoms with E-state index in [-0.39, 0.29) is 5.91 Å². The molecule has 1 fully saturated rings. The number of hydrogen-bond acceptors (Lipinski definition) is 3. The van der Waals surface area contributed by atoms with Gasteiger partial charge in [-0.25, -0.2) is 0 Å². The first kappa shape index (κ1) is 22.2. The van der Waals surface area contributed by atoms with E-state index < -0.39 is 0 Å². The molecule has 1 heterocycles. The third-order valence-electron chi connectivity index (χ3n) is 5.30. The minimum Gasteiger partial charge on any atom is -0.489 e. The van der Waals surface area contributed by atoms with Gasteiger partial charge in [0.15, 0.2) is 0 Å². The molecule has 154 valence electrons. The molecule has 1 amide bonds. The maximum absolute atomic E-state index is 12.7. The predicted molar refractivity (Wildman–Crippen MR) is 117 cm³/mol. The highest BCUT2D eigenvalue weighted by atomic mass is 16.5. The van der Waals surface area contributed by atoms with Crippen LogP contribution in [-0.4, -0.2) is 43.1 Å². The number of likely N-dealkylation sites (N-methyl/N-ethyl adjacent to an activating group) is 1. The second-order valence-electron chi connectivity index (χ2n) is 7.81. The van der Waals surface area contributed by atoms with Gasteiger partial charge in [0.1, 0.15) is 12.4 Å². The number of nitrogens with zero attached hydrogens (tertiary/aromatic N) is 1. The summed E-state index contributed by atoms with van der Waals surface area (Å²) in [6.07, 6.45) is 8.81. The lowest BCUT2D eigenvalue weighted by molar-refractivity contribution is 0.0938. The average Bonchev–Trinajstić information content (AvgIpc) is 3.14. The Bertz CT molecular complexity index is 690. The van der Waals surface area contributed by atoms with E-state index in [1.165, 1.54) is 17.6 Å². The molecule has 1 atom stereocenters. The van der Waals surface area contributed by atoms with Gasteiger partial charge in [-0.3, -0.25) is 9.69 Å². The normalized spacial score (nSPS) is 17.4. The van der Waals surface area contributed by atoms with Crippen LogP contribution in [0, 0.1) is 0 Å². The van der Waals surface area contributed by atoms with E-state index in [4.69, 9.17) is 4.74 Å². The average molecular weight is 385 g/mol. The molecule has 2 rings (SSSR count). The number of amides is 1. The van der Waals surface area contributed by atoms with Crippen LogP contribution < -0.4 is 10.1 Å². The second-order valence-corrected chi connectivity index (χ2v) is 7.81. The van der Waals surface area contributed by atoms with Crippen LogP contribution in [-0.2, 0) is 0 Å². The minimum absolute atomic E-state index is 0.0530. The van der Waals surface area contributed by atoms with Crippen molar-refractivity contribution in [3.05, 3.63) is 53.1 Å². The van der Waals surface area contributed by atoms with Crippen molar-refractivity contribution < 1.29 is 9.53 Å². The Morgan fingerprint density at radius 1 is 1.25 bits per heavy atom. The summed E-state index contributed by atoms with van der Waals surface area (Å²) in [5.41, 5.74) is 3.27. The molecule has 1 unspecified atom stereocenters. The molecule has 0 aromatic heterocycles. The van der Waals surface area contributed by atoms with Crippen LogP contribution in [0.3, 0.4) is 0 Å². The molecule has 4 heteroatoms. The van der Waals surface area contributed by atoms with Crippen molar-refractivity contribution in [2.75, 3.05) is 26.2 Å². The molecule has 0 aliphatic carbocycles. The van der Waals surface area contributed by atoms with Crippen molar-refractivity contribution in [2.45, 2.75) is 59.4 Å². The lowest BCUT2D eigenvalue weighted by Gasteiger charge is -2.23. The molecule has 1 N–H and O–H groups in total. The number of benzene rings is 1. The van der Waals surface area contributed by atoms with E-state index in [0.29, 0.717) is 30.5 Å². The molecule has 1 aliphatic heterocycles. The Kier molecular flexibility index (Phi) is 9.29. The van der Waals surface area contributed by atoms with Crippen LogP contribution in [0.5, 0.6) is 5.75 Å². The molecule has 0 bridgehead atoms. The maximum atomic E-state index is 12.7. The van der Waals surface area contributed by atoms with Crippen LogP contribution in [0.15, 0.2) is 47.6 Å². The number of ether oxygens (including phenoxy) is 1. The van der Waals surface area contributed by atoms with Gasteiger partial charge in [0.25, 0.3) is 5.91 Å². The van der Waals surface area contributed by atoms with Crippen LogP contribution in [0.2, 0.25) is 0 Å². The van der Waals surface area contributed by atoms with Gasteiger partial charge in [0.2, 0.25) is 0 Å². The number of rotatable bonds is 10. The summed E-state index contributed by atoms with van der Waals surface area (Å²) in [4.78, 5) is 15.1. The molecule has 28 heavy (non-hydrogen) atoms. The Balaban J connectivity index is 1.87. The number of hydrogen-bond donors (Lipinski definition) is 1. The van der Waals surface area contributed by atoms with Gasteiger partial charge >= 0.3 is 0 Å². The zero-order chi connectivity index (χ0) is 20.4. The van der Waals surface area contributed by atoms with Gasteiger partial charge in [-0.15, -0.1) is 0 Å². The minimum atomic E-state index is -0.0530. The smallest absolute Gasteiger partial charge is 0.255 e. The quantitative estimate of drug-likeness (QED) is 0.579. The van der Waals surface area contributed by atoms with Crippen molar-refractivity contribution in [2.24, 2.45) is 0 Å². The van der Waals surface area contributed by atoms with E-state index in [9.17, 15) is 4.79 Å². The Morgan fingerprint density at radius 3 is 2.79 bits per heavy atom. The molecule has 1 aromatic rings. The van der Waals surface area contributed by atoms with Gasteiger partial charge in [0.05, 0.1) is 5.56 Å². The van der Waals surface area contributed by atoms with Crippen molar-refractivity contribution in [1.29, 1.82) is 0 Å². The van der Waals surface area contributed by atoms with Gasteiger partial charge < -0.3 is 10.1 Å². The molecule has 0 radical (unpaired) electrons.